The molecule has 1 aliphatic heterocycles. The maximum atomic E-state index is 13.5. The van der Waals surface area contributed by atoms with E-state index in [0.717, 1.165) is 41.2 Å². The Morgan fingerprint density at radius 2 is 1.76 bits per heavy atom. The zero-order valence-electron chi connectivity index (χ0n) is 23.1. The lowest BCUT2D eigenvalue weighted by Gasteiger charge is -2.44. The number of nitrogens with zero attached hydrogens (tertiary/aromatic N) is 4. The van der Waals surface area contributed by atoms with Crippen LogP contribution < -0.4 is 0 Å². The molecule has 1 saturated heterocycles. The topological polar surface area (TPSA) is 67.7 Å². The maximum absolute atomic E-state index is 13.5. The van der Waals surface area contributed by atoms with Crippen LogP contribution in [0.3, 0.4) is 0 Å². The molecule has 202 valence electrons. The quantitative estimate of drug-likeness (QED) is 0.412. The molecular weight excluding hydrogens is 548 g/mol. The van der Waals surface area contributed by atoms with Crippen LogP contribution in [0.2, 0.25) is 18.1 Å². The summed E-state index contributed by atoms with van der Waals surface area (Å²) in [6.45, 7) is 12.7. The van der Waals surface area contributed by atoms with Gasteiger partial charge in [-0.2, -0.15) is 0 Å². The highest BCUT2D eigenvalue weighted by atomic mass is 79.9. The average molecular weight is 590 g/mol. The average Bonchev–Trinajstić information content (AvgIpc) is 3.62. The Kier molecular flexibility index (Phi) is 7.11. The summed E-state index contributed by atoms with van der Waals surface area (Å²) in [6, 6.07) is 4.54. The molecule has 2 aliphatic carbocycles. The molecule has 1 aromatic heterocycles. The largest absolute Gasteiger partial charge is 0.414 e. The molecule has 3 fully saturated rings. The molecule has 0 N–H and O–H groups in total. The van der Waals surface area contributed by atoms with Gasteiger partial charge >= 0.3 is 0 Å². The summed E-state index contributed by atoms with van der Waals surface area (Å²) in [6.07, 6.45) is 6.69. The number of carbonyl (C=O) groups is 2. The van der Waals surface area contributed by atoms with E-state index in [2.05, 4.69) is 66.9 Å². The van der Waals surface area contributed by atoms with Crippen LogP contribution in [0.5, 0.6) is 0 Å². The molecule has 0 spiro atoms. The fourth-order valence-corrected chi connectivity index (χ4v) is 7.54. The van der Waals surface area contributed by atoms with Crippen molar-refractivity contribution in [1.82, 2.24) is 19.4 Å². The predicted molar refractivity (Wildman–Crippen MR) is 152 cm³/mol. The highest BCUT2D eigenvalue weighted by molar-refractivity contribution is 9.10. The first kappa shape index (κ1) is 26.9. The number of hydrogen-bond donors (Lipinski definition) is 0. The SMILES string of the molecule is Cn1c(C(=O)N2CCN([C@H]3CC[C@H](O[Si](C)(C)C(C)(C)C)CC3)C(=O)C2)nc2c(Br)cc(C3CC3)cc21. The van der Waals surface area contributed by atoms with Crippen LogP contribution in [-0.2, 0) is 16.3 Å². The molecule has 7 nitrogen and oxygen atoms in total. The zero-order valence-corrected chi connectivity index (χ0v) is 25.7. The number of aryl methyl sites for hydroxylation is 1. The molecule has 1 aromatic carbocycles. The van der Waals surface area contributed by atoms with Crippen molar-refractivity contribution in [2.45, 2.75) is 95.5 Å². The third-order valence-electron chi connectivity index (χ3n) is 9.10. The Balaban J connectivity index is 1.21. The number of piperazine rings is 1. The maximum Gasteiger partial charge on any atom is 0.290 e. The third-order valence-corrected chi connectivity index (χ3v) is 14.2. The fraction of sp³-hybridized carbons (Fsp3) is 0.679. The molecule has 0 radical (unpaired) electrons. The second-order valence-corrected chi connectivity index (χ2v) is 18.4. The second-order valence-electron chi connectivity index (χ2n) is 12.8. The van der Waals surface area contributed by atoms with Crippen molar-refractivity contribution in [3.8, 4) is 0 Å². The standard InChI is InChI=1S/C28H41BrN4O3Si/c1-28(2,3)37(5,6)36-21-11-9-20(10-12-21)33-14-13-32(17-24(33)34)27(35)26-30-25-22(29)15-19(18-7-8-18)16-23(25)31(26)4/h15-16,18,20-21H,7-14,17H2,1-6H3/t20-,21-. The van der Waals surface area contributed by atoms with Gasteiger partial charge in [0, 0.05) is 36.8 Å². The number of carbonyl (C=O) groups excluding carboxylic acids is 2. The Morgan fingerprint density at radius 3 is 2.35 bits per heavy atom. The number of rotatable bonds is 5. The van der Waals surface area contributed by atoms with Crippen LogP contribution in [0.1, 0.15) is 81.4 Å². The van der Waals surface area contributed by atoms with Gasteiger partial charge in [0.15, 0.2) is 14.1 Å². The van der Waals surface area contributed by atoms with E-state index in [1.54, 1.807) is 4.90 Å². The van der Waals surface area contributed by atoms with Gasteiger partial charge in [0.25, 0.3) is 5.91 Å². The Bertz CT molecular complexity index is 1210. The molecule has 5 rings (SSSR count). The monoisotopic (exact) mass is 588 g/mol. The van der Waals surface area contributed by atoms with E-state index < -0.39 is 8.32 Å². The van der Waals surface area contributed by atoms with Crippen LogP contribution in [0.4, 0.5) is 0 Å². The van der Waals surface area contributed by atoms with Crippen molar-refractivity contribution in [3.63, 3.8) is 0 Å². The number of imidazole rings is 1. The van der Waals surface area contributed by atoms with Gasteiger partial charge in [0.2, 0.25) is 5.91 Å². The molecule has 2 heterocycles. The summed E-state index contributed by atoms with van der Waals surface area (Å²) < 4.78 is 9.45. The van der Waals surface area contributed by atoms with Crippen molar-refractivity contribution in [2.24, 2.45) is 7.05 Å². The first-order valence-corrected chi connectivity index (χ1v) is 17.5. The molecule has 3 aliphatic rings. The molecule has 9 heteroatoms. The first-order chi connectivity index (χ1) is 17.4. The Hall–Kier alpha value is -1.71. The molecule has 0 atom stereocenters. The summed E-state index contributed by atoms with van der Waals surface area (Å²) in [5, 5.41) is 0.206. The van der Waals surface area contributed by atoms with Gasteiger partial charge in [-0.25, -0.2) is 4.98 Å². The van der Waals surface area contributed by atoms with Gasteiger partial charge in [-0.15, -0.1) is 0 Å². The molecular formula is C28H41BrN4O3Si. The van der Waals surface area contributed by atoms with Crippen molar-refractivity contribution in [2.75, 3.05) is 19.6 Å². The van der Waals surface area contributed by atoms with Crippen LogP contribution >= 0.6 is 15.9 Å². The van der Waals surface area contributed by atoms with Crippen molar-refractivity contribution in [3.05, 3.63) is 28.0 Å². The number of hydrogen-bond acceptors (Lipinski definition) is 4. The van der Waals surface area contributed by atoms with E-state index in [-0.39, 0.29) is 29.4 Å². The van der Waals surface area contributed by atoms with E-state index in [9.17, 15) is 9.59 Å². The lowest BCUT2D eigenvalue weighted by atomic mass is 9.91. The van der Waals surface area contributed by atoms with Gasteiger partial charge in [-0.1, -0.05) is 20.8 Å². The molecule has 0 bridgehead atoms. The number of halogens is 1. The summed E-state index contributed by atoms with van der Waals surface area (Å²) in [4.78, 5) is 35.0. The lowest BCUT2D eigenvalue weighted by molar-refractivity contribution is -0.138. The van der Waals surface area contributed by atoms with Gasteiger partial charge in [0.05, 0.1) is 5.52 Å². The van der Waals surface area contributed by atoms with Crippen LogP contribution in [0.25, 0.3) is 11.0 Å². The van der Waals surface area contributed by atoms with Gasteiger partial charge < -0.3 is 18.8 Å². The molecule has 37 heavy (non-hydrogen) atoms. The molecule has 2 saturated carbocycles. The number of benzene rings is 1. The number of fused-ring (bicyclic) bond motifs is 1. The van der Waals surface area contributed by atoms with Crippen molar-refractivity contribution in [1.29, 1.82) is 0 Å². The van der Waals surface area contributed by atoms with E-state index >= 15 is 0 Å². The van der Waals surface area contributed by atoms with E-state index in [0.29, 0.717) is 30.9 Å². The smallest absolute Gasteiger partial charge is 0.290 e. The highest BCUT2D eigenvalue weighted by Gasteiger charge is 2.41. The van der Waals surface area contributed by atoms with Gasteiger partial charge in [-0.05, 0) is 96.2 Å². The van der Waals surface area contributed by atoms with Crippen LogP contribution in [-0.4, -0.2) is 71.3 Å². The predicted octanol–water partition coefficient (Wildman–Crippen LogP) is 5.83. The minimum Gasteiger partial charge on any atom is -0.414 e. The number of aromatic nitrogens is 2. The summed E-state index contributed by atoms with van der Waals surface area (Å²) in [5.74, 6) is 0.893. The van der Waals surface area contributed by atoms with E-state index in [4.69, 9.17) is 4.43 Å². The lowest BCUT2D eigenvalue weighted by Crippen LogP contribution is -2.56. The summed E-state index contributed by atoms with van der Waals surface area (Å²) in [7, 11) is 0.113. The second kappa shape index (κ2) is 9.79. The Morgan fingerprint density at radius 1 is 1.08 bits per heavy atom. The third kappa shape index (κ3) is 5.28. The first-order valence-electron chi connectivity index (χ1n) is 13.8. The van der Waals surface area contributed by atoms with E-state index in [1.807, 2.05) is 16.5 Å². The van der Waals surface area contributed by atoms with Crippen molar-refractivity contribution >= 4 is 47.1 Å². The van der Waals surface area contributed by atoms with Crippen molar-refractivity contribution < 1.29 is 14.0 Å². The van der Waals surface area contributed by atoms with Gasteiger partial charge in [0.1, 0.15) is 12.1 Å². The molecule has 2 amide bonds. The highest BCUT2D eigenvalue weighted by Crippen LogP contribution is 2.43. The number of amides is 2. The fourth-order valence-electron chi connectivity index (χ4n) is 5.57. The molecule has 0 unspecified atom stereocenters. The minimum atomic E-state index is -1.78. The Labute approximate surface area is 230 Å². The van der Waals surface area contributed by atoms with Gasteiger partial charge in [-0.3, -0.25) is 9.59 Å². The normalized spacial score (nSPS) is 23.7. The zero-order chi connectivity index (χ0) is 26.7. The molecule has 2 aromatic rings. The summed E-state index contributed by atoms with van der Waals surface area (Å²) >= 11 is 3.66. The van der Waals surface area contributed by atoms with Crippen LogP contribution in [0, 0.1) is 0 Å². The summed E-state index contributed by atoms with van der Waals surface area (Å²) in [5.41, 5.74) is 3.06. The minimum absolute atomic E-state index is 0.0457. The van der Waals surface area contributed by atoms with E-state index in [1.165, 1.54) is 18.4 Å². The van der Waals surface area contributed by atoms with Crippen LogP contribution in [0.15, 0.2) is 16.6 Å².